The molecule has 0 amide bonds. The predicted molar refractivity (Wildman–Crippen MR) is 104 cm³/mol. The smallest absolute Gasteiger partial charge is 0.190 e. The fourth-order valence-corrected chi connectivity index (χ4v) is 3.67. The van der Waals surface area contributed by atoms with Crippen molar-refractivity contribution in [3.05, 3.63) is 88.9 Å². The number of hydrogen-bond donors (Lipinski definition) is 0. The monoisotopic (exact) mass is 362 g/mol. The van der Waals surface area contributed by atoms with Gasteiger partial charge in [-0.15, -0.1) is 11.3 Å². The van der Waals surface area contributed by atoms with Crippen molar-refractivity contribution in [1.82, 2.24) is 4.57 Å². The first-order valence-electron chi connectivity index (χ1n) is 8.28. The zero-order valence-corrected chi connectivity index (χ0v) is 15.1. The first kappa shape index (κ1) is 16.4. The predicted octanol–water partition coefficient (Wildman–Crippen LogP) is 4.91. The van der Waals surface area contributed by atoms with Gasteiger partial charge in [0.2, 0.25) is 0 Å². The van der Waals surface area contributed by atoms with Crippen LogP contribution in [-0.4, -0.2) is 11.7 Å². The number of para-hydroxylation sites is 1. The van der Waals surface area contributed by atoms with Crippen LogP contribution in [-0.2, 0) is 6.54 Å². The molecule has 0 bridgehead atoms. The van der Waals surface area contributed by atoms with Gasteiger partial charge in [0.15, 0.2) is 4.80 Å². The van der Waals surface area contributed by atoms with E-state index >= 15 is 0 Å². The summed E-state index contributed by atoms with van der Waals surface area (Å²) >= 11 is 1.62. The third kappa shape index (κ3) is 3.34. The number of nitrogens with zero attached hydrogens (tertiary/aromatic N) is 2. The van der Waals surface area contributed by atoms with Crippen molar-refractivity contribution in [2.75, 3.05) is 7.11 Å². The van der Waals surface area contributed by atoms with Gasteiger partial charge < -0.3 is 9.15 Å². The Morgan fingerprint density at radius 2 is 1.81 bits per heavy atom. The van der Waals surface area contributed by atoms with E-state index < -0.39 is 0 Å². The molecule has 0 aliphatic rings. The Morgan fingerprint density at radius 3 is 2.50 bits per heavy atom. The van der Waals surface area contributed by atoms with Gasteiger partial charge in [-0.3, -0.25) is 9.56 Å². The Hall–Kier alpha value is -3.05. The normalized spacial score (nSPS) is 11.7. The lowest BCUT2D eigenvalue weighted by molar-refractivity contribution is 0.415. The number of benzene rings is 2. The molecule has 0 aliphatic carbocycles. The van der Waals surface area contributed by atoms with Gasteiger partial charge in [-0.1, -0.05) is 18.2 Å². The van der Waals surface area contributed by atoms with Gasteiger partial charge in [0.25, 0.3) is 0 Å². The van der Waals surface area contributed by atoms with Crippen molar-refractivity contribution in [3.63, 3.8) is 0 Å². The molecule has 5 heteroatoms. The Balaban J connectivity index is 1.82. The minimum Gasteiger partial charge on any atom is -0.497 e. The molecule has 2 heterocycles. The lowest BCUT2D eigenvalue weighted by Crippen LogP contribution is -2.14. The number of methoxy groups -OCH3 is 1. The summed E-state index contributed by atoms with van der Waals surface area (Å²) in [6.45, 7) is 0.516. The van der Waals surface area contributed by atoms with Crippen molar-refractivity contribution in [3.8, 4) is 22.7 Å². The number of thiazole rings is 1. The van der Waals surface area contributed by atoms with Crippen molar-refractivity contribution >= 4 is 11.3 Å². The highest BCUT2D eigenvalue weighted by Gasteiger charge is 2.10. The molecule has 4 aromatic rings. The molecule has 0 unspecified atom stereocenters. The summed E-state index contributed by atoms with van der Waals surface area (Å²) in [6.07, 6.45) is 1.67. The maximum atomic E-state index is 5.41. The maximum absolute atomic E-state index is 5.41. The van der Waals surface area contributed by atoms with Gasteiger partial charge in [-0.05, 0) is 54.1 Å². The summed E-state index contributed by atoms with van der Waals surface area (Å²) in [4.78, 5) is 5.70. The molecule has 2 aromatic heterocycles. The highest BCUT2D eigenvalue weighted by atomic mass is 32.1. The van der Waals surface area contributed by atoms with Crippen LogP contribution in [0.1, 0.15) is 5.76 Å². The zero-order valence-electron chi connectivity index (χ0n) is 14.3. The Labute approximate surface area is 155 Å². The van der Waals surface area contributed by atoms with Gasteiger partial charge in [0.1, 0.15) is 18.1 Å². The third-order valence-corrected chi connectivity index (χ3v) is 4.92. The standard InChI is InChI=1S/C21H18N2O2S/c1-24-18-11-9-16(10-12-18)20-15-26-21(22-14-19-8-5-13-25-19)23(20)17-6-3-2-4-7-17/h2-13,15H,14H2,1H3. The Kier molecular flexibility index (Phi) is 4.71. The summed E-state index contributed by atoms with van der Waals surface area (Å²) in [5, 5.41) is 2.13. The van der Waals surface area contributed by atoms with Gasteiger partial charge in [0.05, 0.1) is 19.1 Å². The topological polar surface area (TPSA) is 39.7 Å². The first-order valence-corrected chi connectivity index (χ1v) is 9.16. The lowest BCUT2D eigenvalue weighted by Gasteiger charge is -2.10. The summed E-state index contributed by atoms with van der Waals surface area (Å²) in [5.74, 6) is 1.70. The minimum absolute atomic E-state index is 0.516. The summed E-state index contributed by atoms with van der Waals surface area (Å²) in [6, 6.07) is 22.2. The Morgan fingerprint density at radius 1 is 1.00 bits per heavy atom. The van der Waals surface area contributed by atoms with Gasteiger partial charge in [0, 0.05) is 11.1 Å². The van der Waals surface area contributed by atoms with Crippen LogP contribution in [0.4, 0.5) is 0 Å². The molecule has 4 nitrogen and oxygen atoms in total. The van der Waals surface area contributed by atoms with Crippen LogP contribution < -0.4 is 9.54 Å². The van der Waals surface area contributed by atoms with E-state index in [0.29, 0.717) is 6.54 Å². The van der Waals surface area contributed by atoms with Crippen LogP contribution in [0, 0.1) is 0 Å². The molecule has 0 atom stereocenters. The second-order valence-corrected chi connectivity index (χ2v) is 6.54. The van der Waals surface area contributed by atoms with Crippen LogP contribution in [0.5, 0.6) is 5.75 Å². The van der Waals surface area contributed by atoms with Gasteiger partial charge in [-0.25, -0.2) is 0 Å². The van der Waals surface area contributed by atoms with Crippen LogP contribution in [0.3, 0.4) is 0 Å². The summed E-state index contributed by atoms with van der Waals surface area (Å²) in [5.41, 5.74) is 3.30. The molecule has 0 aliphatic heterocycles. The summed E-state index contributed by atoms with van der Waals surface area (Å²) < 4.78 is 12.9. The molecule has 0 saturated heterocycles. The molecule has 0 saturated carbocycles. The van der Waals surface area contributed by atoms with Crippen LogP contribution in [0.15, 0.2) is 87.8 Å². The van der Waals surface area contributed by atoms with E-state index in [1.54, 1.807) is 24.7 Å². The van der Waals surface area contributed by atoms with Crippen molar-refractivity contribution in [2.24, 2.45) is 4.99 Å². The third-order valence-electron chi connectivity index (χ3n) is 4.06. The van der Waals surface area contributed by atoms with E-state index in [1.165, 1.54) is 0 Å². The summed E-state index contributed by atoms with van der Waals surface area (Å²) in [7, 11) is 1.68. The fourth-order valence-electron chi connectivity index (χ4n) is 2.76. The number of hydrogen-bond acceptors (Lipinski definition) is 4. The molecule has 2 aromatic carbocycles. The molecule has 0 N–H and O–H groups in total. The molecular formula is C21H18N2O2S. The second-order valence-electron chi connectivity index (χ2n) is 5.70. The van der Waals surface area contributed by atoms with Crippen LogP contribution in [0.2, 0.25) is 0 Å². The van der Waals surface area contributed by atoms with E-state index in [0.717, 1.165) is 33.3 Å². The molecular weight excluding hydrogens is 344 g/mol. The molecule has 0 fully saturated rings. The zero-order chi connectivity index (χ0) is 17.8. The largest absolute Gasteiger partial charge is 0.497 e. The van der Waals surface area contributed by atoms with Crippen LogP contribution >= 0.6 is 11.3 Å². The van der Waals surface area contributed by atoms with E-state index in [9.17, 15) is 0 Å². The fraction of sp³-hybridized carbons (Fsp3) is 0.0952. The van der Waals surface area contributed by atoms with E-state index in [-0.39, 0.29) is 0 Å². The Bertz CT molecular complexity index is 1030. The lowest BCUT2D eigenvalue weighted by atomic mass is 10.1. The number of ether oxygens (including phenoxy) is 1. The SMILES string of the molecule is COc1ccc(-c2csc(=NCc3ccco3)n2-c2ccccc2)cc1. The van der Waals surface area contributed by atoms with Gasteiger partial charge >= 0.3 is 0 Å². The van der Waals surface area contributed by atoms with Crippen molar-refractivity contribution < 1.29 is 9.15 Å². The first-order chi connectivity index (χ1) is 12.8. The molecule has 0 radical (unpaired) electrons. The number of furan rings is 1. The molecule has 0 spiro atoms. The van der Waals surface area contributed by atoms with E-state index in [2.05, 4.69) is 34.2 Å². The average Bonchev–Trinajstić information content (AvgIpc) is 3.37. The average molecular weight is 362 g/mol. The number of aromatic nitrogens is 1. The molecule has 4 rings (SSSR count). The highest BCUT2D eigenvalue weighted by Crippen LogP contribution is 2.25. The maximum Gasteiger partial charge on any atom is 0.190 e. The minimum atomic E-state index is 0.516. The van der Waals surface area contributed by atoms with E-state index in [1.807, 2.05) is 42.5 Å². The number of rotatable bonds is 5. The molecule has 26 heavy (non-hydrogen) atoms. The highest BCUT2D eigenvalue weighted by molar-refractivity contribution is 7.07. The van der Waals surface area contributed by atoms with Crippen LogP contribution in [0.25, 0.3) is 16.9 Å². The quantitative estimate of drug-likeness (QED) is 0.506. The van der Waals surface area contributed by atoms with Crippen molar-refractivity contribution in [2.45, 2.75) is 6.54 Å². The molecule has 130 valence electrons. The van der Waals surface area contributed by atoms with Crippen molar-refractivity contribution in [1.29, 1.82) is 0 Å². The van der Waals surface area contributed by atoms with E-state index in [4.69, 9.17) is 14.1 Å². The second kappa shape index (κ2) is 7.45. The van der Waals surface area contributed by atoms with Gasteiger partial charge in [-0.2, -0.15) is 0 Å².